The van der Waals surface area contributed by atoms with Crippen LogP contribution in [-0.2, 0) is 24.3 Å². The predicted molar refractivity (Wildman–Crippen MR) is 64.0 cm³/mol. The molecule has 0 bridgehead atoms. The fraction of sp³-hybridized carbons (Fsp3) is 0.800. The quantitative estimate of drug-likeness (QED) is 0.641. The average molecular weight is 278 g/mol. The lowest BCUT2D eigenvalue weighted by Gasteiger charge is -2.21. The number of esters is 1. The first-order chi connectivity index (χ1) is 8.38. The monoisotopic (exact) mass is 278 g/mol. The van der Waals surface area contributed by atoms with Crippen molar-refractivity contribution in [2.24, 2.45) is 5.73 Å². The Hall–Kier alpha value is -1.15. The van der Waals surface area contributed by atoms with Crippen molar-refractivity contribution in [1.82, 2.24) is 4.31 Å². The highest BCUT2D eigenvalue weighted by Gasteiger charge is 2.37. The lowest BCUT2D eigenvalue weighted by atomic mass is 10.2. The molecule has 2 N–H and O–H groups in total. The smallest absolute Gasteiger partial charge is 0.305 e. The number of sulfonamides is 1. The summed E-state index contributed by atoms with van der Waals surface area (Å²) in [5.41, 5.74) is 5.16. The van der Waals surface area contributed by atoms with Crippen LogP contribution in [-0.4, -0.2) is 50.0 Å². The molecular formula is C10H18N2O5S. The number of amides is 1. The highest BCUT2D eigenvalue weighted by molar-refractivity contribution is 7.89. The SMILES string of the molecule is COC(=O)CCCS(=O)(=O)N1CCCC1C(N)=O. The van der Waals surface area contributed by atoms with E-state index in [-0.39, 0.29) is 18.6 Å². The van der Waals surface area contributed by atoms with Gasteiger partial charge in [0.1, 0.15) is 6.04 Å². The van der Waals surface area contributed by atoms with E-state index >= 15 is 0 Å². The first-order valence-electron chi connectivity index (χ1n) is 5.74. The van der Waals surface area contributed by atoms with Gasteiger partial charge in [-0.2, -0.15) is 4.31 Å². The van der Waals surface area contributed by atoms with Crippen molar-refractivity contribution in [3.63, 3.8) is 0 Å². The number of ether oxygens (including phenoxy) is 1. The Morgan fingerprint density at radius 3 is 2.67 bits per heavy atom. The molecule has 1 atom stereocenters. The van der Waals surface area contributed by atoms with Gasteiger partial charge in [-0.15, -0.1) is 0 Å². The van der Waals surface area contributed by atoms with E-state index in [1.54, 1.807) is 0 Å². The molecule has 0 spiro atoms. The van der Waals surface area contributed by atoms with Gasteiger partial charge >= 0.3 is 5.97 Å². The van der Waals surface area contributed by atoms with Gasteiger partial charge in [-0.25, -0.2) is 8.42 Å². The van der Waals surface area contributed by atoms with Crippen LogP contribution in [0, 0.1) is 0 Å². The molecule has 8 heteroatoms. The minimum Gasteiger partial charge on any atom is -0.469 e. The third-order valence-electron chi connectivity index (χ3n) is 2.90. The van der Waals surface area contributed by atoms with Crippen molar-refractivity contribution < 1.29 is 22.7 Å². The first kappa shape index (κ1) is 14.9. The van der Waals surface area contributed by atoms with E-state index in [4.69, 9.17) is 5.73 Å². The third-order valence-corrected chi connectivity index (χ3v) is 4.86. The van der Waals surface area contributed by atoms with Crippen molar-refractivity contribution in [1.29, 1.82) is 0 Å². The van der Waals surface area contributed by atoms with Gasteiger partial charge in [0.15, 0.2) is 0 Å². The Morgan fingerprint density at radius 2 is 2.11 bits per heavy atom. The Labute approximate surface area is 106 Å². The summed E-state index contributed by atoms with van der Waals surface area (Å²) < 4.78 is 29.5. The third kappa shape index (κ3) is 3.67. The van der Waals surface area contributed by atoms with E-state index in [1.165, 1.54) is 7.11 Å². The molecule has 0 aromatic carbocycles. The van der Waals surface area contributed by atoms with Crippen LogP contribution in [0.2, 0.25) is 0 Å². The van der Waals surface area contributed by atoms with Crippen LogP contribution in [0.3, 0.4) is 0 Å². The summed E-state index contributed by atoms with van der Waals surface area (Å²) in [4.78, 5) is 22.0. The lowest BCUT2D eigenvalue weighted by molar-refractivity contribution is -0.140. The number of hydrogen-bond donors (Lipinski definition) is 1. The Kier molecular flexibility index (Phi) is 5.09. The van der Waals surface area contributed by atoms with Gasteiger partial charge in [0.25, 0.3) is 0 Å². The van der Waals surface area contributed by atoms with Gasteiger partial charge < -0.3 is 10.5 Å². The van der Waals surface area contributed by atoms with E-state index in [0.29, 0.717) is 19.4 Å². The second-order valence-electron chi connectivity index (χ2n) is 4.17. The van der Waals surface area contributed by atoms with Crippen LogP contribution in [0.1, 0.15) is 25.7 Å². The molecular weight excluding hydrogens is 260 g/mol. The fourth-order valence-electron chi connectivity index (χ4n) is 1.98. The highest BCUT2D eigenvalue weighted by atomic mass is 32.2. The van der Waals surface area contributed by atoms with Gasteiger partial charge in [-0.3, -0.25) is 9.59 Å². The van der Waals surface area contributed by atoms with Crippen LogP contribution in [0.25, 0.3) is 0 Å². The largest absolute Gasteiger partial charge is 0.469 e. The second-order valence-corrected chi connectivity index (χ2v) is 6.21. The number of nitrogens with zero attached hydrogens (tertiary/aromatic N) is 1. The fourth-order valence-corrected chi connectivity index (χ4v) is 3.72. The maximum absolute atomic E-state index is 12.0. The van der Waals surface area contributed by atoms with Crippen LogP contribution in [0.4, 0.5) is 0 Å². The molecule has 0 saturated carbocycles. The number of carbonyl (C=O) groups excluding carboxylic acids is 2. The van der Waals surface area contributed by atoms with Gasteiger partial charge in [0, 0.05) is 13.0 Å². The van der Waals surface area contributed by atoms with Crippen molar-refractivity contribution in [2.75, 3.05) is 19.4 Å². The molecule has 1 aliphatic heterocycles. The van der Waals surface area contributed by atoms with Gasteiger partial charge in [0.2, 0.25) is 15.9 Å². The topological polar surface area (TPSA) is 107 Å². The summed E-state index contributed by atoms with van der Waals surface area (Å²) in [7, 11) is -2.28. The summed E-state index contributed by atoms with van der Waals surface area (Å²) in [6.45, 7) is 0.314. The molecule has 1 saturated heterocycles. The molecule has 0 aliphatic carbocycles. The zero-order valence-corrected chi connectivity index (χ0v) is 11.1. The number of methoxy groups -OCH3 is 1. The second kappa shape index (κ2) is 6.14. The van der Waals surface area contributed by atoms with Crippen molar-refractivity contribution in [2.45, 2.75) is 31.7 Å². The summed E-state index contributed by atoms with van der Waals surface area (Å²) in [5.74, 6) is -1.24. The van der Waals surface area contributed by atoms with E-state index in [0.717, 1.165) is 4.31 Å². The minimum absolute atomic E-state index is 0.0464. The summed E-state index contributed by atoms with van der Waals surface area (Å²) >= 11 is 0. The van der Waals surface area contributed by atoms with Crippen LogP contribution in [0.15, 0.2) is 0 Å². The van der Waals surface area contributed by atoms with Gasteiger partial charge in [-0.1, -0.05) is 0 Å². The van der Waals surface area contributed by atoms with E-state index in [1.807, 2.05) is 0 Å². The molecule has 104 valence electrons. The summed E-state index contributed by atoms with van der Waals surface area (Å²) in [6.07, 6.45) is 1.32. The zero-order valence-electron chi connectivity index (χ0n) is 10.3. The molecule has 1 fully saturated rings. The van der Waals surface area contributed by atoms with E-state index in [9.17, 15) is 18.0 Å². The van der Waals surface area contributed by atoms with Crippen molar-refractivity contribution >= 4 is 21.9 Å². The van der Waals surface area contributed by atoms with Crippen LogP contribution in [0.5, 0.6) is 0 Å². The molecule has 1 rings (SSSR count). The van der Waals surface area contributed by atoms with Crippen molar-refractivity contribution in [3.8, 4) is 0 Å². The number of primary amides is 1. The first-order valence-corrected chi connectivity index (χ1v) is 7.35. The van der Waals surface area contributed by atoms with Crippen LogP contribution < -0.4 is 5.73 Å². The summed E-state index contributed by atoms with van der Waals surface area (Å²) in [6, 6.07) is -0.742. The number of carbonyl (C=O) groups is 2. The average Bonchev–Trinajstić information content (AvgIpc) is 2.78. The standard InChI is InChI=1S/C10H18N2O5S/c1-17-9(13)5-3-7-18(15,16)12-6-2-4-8(12)10(11)14/h8H,2-7H2,1H3,(H2,11,14). The number of nitrogens with two attached hydrogens (primary N) is 1. The minimum atomic E-state index is -3.53. The number of rotatable bonds is 6. The normalized spacial score (nSPS) is 20.8. The molecule has 0 aromatic heterocycles. The van der Waals surface area contributed by atoms with Crippen LogP contribution >= 0.6 is 0 Å². The molecule has 0 radical (unpaired) electrons. The Balaban J connectivity index is 2.58. The molecule has 1 aliphatic rings. The molecule has 7 nitrogen and oxygen atoms in total. The maximum Gasteiger partial charge on any atom is 0.305 e. The highest BCUT2D eigenvalue weighted by Crippen LogP contribution is 2.21. The van der Waals surface area contributed by atoms with Crippen molar-refractivity contribution in [3.05, 3.63) is 0 Å². The van der Waals surface area contributed by atoms with E-state index < -0.39 is 27.9 Å². The molecule has 1 heterocycles. The Morgan fingerprint density at radius 1 is 1.44 bits per heavy atom. The maximum atomic E-state index is 12.0. The molecule has 1 unspecified atom stereocenters. The van der Waals surface area contributed by atoms with Gasteiger partial charge in [0.05, 0.1) is 12.9 Å². The lowest BCUT2D eigenvalue weighted by Crippen LogP contribution is -2.44. The van der Waals surface area contributed by atoms with E-state index in [2.05, 4.69) is 4.74 Å². The summed E-state index contributed by atoms with van der Waals surface area (Å²) in [5, 5.41) is 0. The number of hydrogen-bond acceptors (Lipinski definition) is 5. The van der Waals surface area contributed by atoms with Gasteiger partial charge in [-0.05, 0) is 19.3 Å². The zero-order chi connectivity index (χ0) is 13.8. The molecule has 18 heavy (non-hydrogen) atoms. The molecule has 0 aromatic rings. The Bertz CT molecular complexity index is 420. The molecule has 1 amide bonds. The predicted octanol–water partition coefficient (Wildman–Crippen LogP) is -0.781.